The molecule has 4 heteroatoms. The Labute approximate surface area is 109 Å². The molecule has 98 valence electrons. The summed E-state index contributed by atoms with van der Waals surface area (Å²) >= 11 is 1.78. The van der Waals surface area contributed by atoms with E-state index in [2.05, 4.69) is 44.9 Å². The first-order valence-corrected chi connectivity index (χ1v) is 7.11. The van der Waals surface area contributed by atoms with Crippen molar-refractivity contribution in [1.29, 1.82) is 0 Å². The largest absolute Gasteiger partial charge is 0.330 e. The maximum absolute atomic E-state index is 5.83. The Morgan fingerprint density at radius 1 is 1.47 bits per heavy atom. The van der Waals surface area contributed by atoms with E-state index in [1.807, 2.05) is 0 Å². The van der Waals surface area contributed by atoms with Crippen LogP contribution < -0.4 is 11.1 Å². The molecular formula is C13H25N3S. The summed E-state index contributed by atoms with van der Waals surface area (Å²) in [5.41, 5.74) is 7.17. The van der Waals surface area contributed by atoms with E-state index in [-0.39, 0.29) is 5.41 Å². The summed E-state index contributed by atoms with van der Waals surface area (Å²) in [6, 6.07) is 0.360. The number of nitrogens with zero attached hydrogens (tertiary/aromatic N) is 1. The van der Waals surface area contributed by atoms with Gasteiger partial charge in [-0.1, -0.05) is 13.8 Å². The van der Waals surface area contributed by atoms with Gasteiger partial charge in [0.1, 0.15) is 0 Å². The fourth-order valence-electron chi connectivity index (χ4n) is 1.78. The van der Waals surface area contributed by atoms with E-state index in [0.29, 0.717) is 6.04 Å². The summed E-state index contributed by atoms with van der Waals surface area (Å²) in [7, 11) is 0. The molecule has 17 heavy (non-hydrogen) atoms. The van der Waals surface area contributed by atoms with Gasteiger partial charge >= 0.3 is 0 Å². The Hall–Kier alpha value is -0.450. The van der Waals surface area contributed by atoms with E-state index in [4.69, 9.17) is 5.73 Å². The van der Waals surface area contributed by atoms with Gasteiger partial charge in [-0.25, -0.2) is 4.98 Å². The Morgan fingerprint density at radius 3 is 2.53 bits per heavy atom. The molecule has 0 bridgehead atoms. The molecule has 0 aliphatic heterocycles. The second kappa shape index (κ2) is 5.94. The van der Waals surface area contributed by atoms with Crippen molar-refractivity contribution >= 4 is 11.3 Å². The van der Waals surface area contributed by atoms with Crippen LogP contribution in [0.4, 0.5) is 0 Å². The van der Waals surface area contributed by atoms with Crippen LogP contribution in [0.1, 0.15) is 48.8 Å². The normalized spacial score (nSPS) is 16.8. The number of hydrogen-bond acceptors (Lipinski definition) is 4. The summed E-state index contributed by atoms with van der Waals surface area (Å²) in [6.07, 6.45) is 1.10. The SMILES string of the molecule is CCC(C)(CN)CNC(C)c1sc(C)nc1C. The highest BCUT2D eigenvalue weighted by Gasteiger charge is 2.22. The number of aryl methyl sites for hydroxylation is 2. The molecule has 2 atom stereocenters. The first-order valence-electron chi connectivity index (χ1n) is 6.29. The molecule has 1 aromatic heterocycles. The van der Waals surface area contributed by atoms with Crippen molar-refractivity contribution in [2.75, 3.05) is 13.1 Å². The zero-order chi connectivity index (χ0) is 13.1. The van der Waals surface area contributed by atoms with Crippen LogP contribution in [-0.2, 0) is 0 Å². The molecule has 3 nitrogen and oxygen atoms in total. The lowest BCUT2D eigenvalue weighted by Crippen LogP contribution is -2.38. The Balaban J connectivity index is 2.61. The topological polar surface area (TPSA) is 50.9 Å². The molecular weight excluding hydrogens is 230 g/mol. The molecule has 1 heterocycles. The lowest BCUT2D eigenvalue weighted by molar-refractivity contribution is 0.292. The summed E-state index contributed by atoms with van der Waals surface area (Å²) in [4.78, 5) is 5.82. The Morgan fingerprint density at radius 2 is 2.12 bits per heavy atom. The predicted molar refractivity (Wildman–Crippen MR) is 75.5 cm³/mol. The predicted octanol–water partition coefficient (Wildman–Crippen LogP) is 2.79. The molecule has 0 fully saturated rings. The van der Waals surface area contributed by atoms with Crippen LogP contribution in [0.25, 0.3) is 0 Å². The number of nitrogens with two attached hydrogens (primary N) is 1. The molecule has 0 radical (unpaired) electrons. The third kappa shape index (κ3) is 3.76. The Bertz CT molecular complexity index is 356. The van der Waals surface area contributed by atoms with Gasteiger partial charge in [-0.3, -0.25) is 0 Å². The van der Waals surface area contributed by atoms with Gasteiger partial charge in [-0.2, -0.15) is 0 Å². The maximum atomic E-state index is 5.83. The molecule has 3 N–H and O–H groups in total. The zero-order valence-electron chi connectivity index (χ0n) is 11.6. The molecule has 0 aliphatic carbocycles. The van der Waals surface area contributed by atoms with Crippen molar-refractivity contribution in [3.63, 3.8) is 0 Å². The smallest absolute Gasteiger partial charge is 0.0900 e. The second-order valence-corrected chi connectivity index (χ2v) is 6.39. The minimum atomic E-state index is 0.196. The number of thiazole rings is 1. The molecule has 0 amide bonds. The van der Waals surface area contributed by atoms with Gasteiger partial charge in [0.25, 0.3) is 0 Å². The van der Waals surface area contributed by atoms with Gasteiger partial charge in [0.2, 0.25) is 0 Å². The molecule has 1 rings (SSSR count). The van der Waals surface area contributed by atoms with Gasteiger partial charge in [0.05, 0.1) is 10.7 Å². The van der Waals surface area contributed by atoms with Crippen LogP contribution in [0, 0.1) is 19.3 Å². The molecule has 2 unspecified atom stereocenters. The fourth-order valence-corrected chi connectivity index (χ4v) is 2.74. The number of aromatic nitrogens is 1. The Kier molecular flexibility index (Phi) is 5.10. The van der Waals surface area contributed by atoms with Gasteiger partial charge < -0.3 is 11.1 Å². The van der Waals surface area contributed by atoms with Crippen LogP contribution in [0.15, 0.2) is 0 Å². The summed E-state index contributed by atoms with van der Waals surface area (Å²) < 4.78 is 0. The lowest BCUT2D eigenvalue weighted by Gasteiger charge is -2.28. The summed E-state index contributed by atoms with van der Waals surface area (Å²) in [5, 5.41) is 4.73. The maximum Gasteiger partial charge on any atom is 0.0900 e. The van der Waals surface area contributed by atoms with E-state index >= 15 is 0 Å². The van der Waals surface area contributed by atoms with Crippen LogP contribution in [-0.4, -0.2) is 18.1 Å². The van der Waals surface area contributed by atoms with Crippen molar-refractivity contribution in [2.45, 2.75) is 47.1 Å². The highest BCUT2D eigenvalue weighted by molar-refractivity contribution is 7.11. The quantitative estimate of drug-likeness (QED) is 0.822. The number of hydrogen-bond donors (Lipinski definition) is 2. The van der Waals surface area contributed by atoms with E-state index < -0.39 is 0 Å². The molecule has 0 aromatic carbocycles. The van der Waals surface area contributed by atoms with Crippen molar-refractivity contribution in [3.8, 4) is 0 Å². The highest BCUT2D eigenvalue weighted by Crippen LogP contribution is 2.26. The fraction of sp³-hybridized carbons (Fsp3) is 0.769. The van der Waals surface area contributed by atoms with E-state index in [9.17, 15) is 0 Å². The van der Waals surface area contributed by atoms with Crippen molar-refractivity contribution in [1.82, 2.24) is 10.3 Å². The average molecular weight is 255 g/mol. The van der Waals surface area contributed by atoms with Gasteiger partial charge in [-0.15, -0.1) is 11.3 Å². The molecule has 1 aromatic rings. The van der Waals surface area contributed by atoms with Gasteiger partial charge in [0.15, 0.2) is 0 Å². The van der Waals surface area contributed by atoms with Crippen LogP contribution >= 0.6 is 11.3 Å². The van der Waals surface area contributed by atoms with E-state index in [1.165, 1.54) is 4.88 Å². The standard InChI is InChI=1S/C13H25N3S/c1-6-13(5,7-14)8-15-9(2)12-10(3)16-11(4)17-12/h9,15H,6-8,14H2,1-5H3. The van der Waals surface area contributed by atoms with E-state index in [0.717, 1.165) is 30.2 Å². The van der Waals surface area contributed by atoms with Gasteiger partial charge in [-0.05, 0) is 39.2 Å². The average Bonchev–Trinajstić information content (AvgIpc) is 2.65. The van der Waals surface area contributed by atoms with Crippen LogP contribution in [0.3, 0.4) is 0 Å². The highest BCUT2D eigenvalue weighted by atomic mass is 32.1. The first-order chi connectivity index (χ1) is 7.91. The van der Waals surface area contributed by atoms with Gasteiger partial charge in [0, 0.05) is 17.5 Å². The monoisotopic (exact) mass is 255 g/mol. The molecule has 0 spiro atoms. The molecule has 0 saturated heterocycles. The summed E-state index contributed by atoms with van der Waals surface area (Å²) in [6.45, 7) is 12.5. The third-order valence-electron chi connectivity index (χ3n) is 3.51. The number of rotatable bonds is 6. The second-order valence-electron chi connectivity index (χ2n) is 5.15. The molecule has 0 saturated carbocycles. The van der Waals surface area contributed by atoms with E-state index in [1.54, 1.807) is 11.3 Å². The van der Waals surface area contributed by atoms with Crippen LogP contribution in [0.5, 0.6) is 0 Å². The zero-order valence-corrected chi connectivity index (χ0v) is 12.4. The minimum Gasteiger partial charge on any atom is -0.330 e. The first kappa shape index (κ1) is 14.6. The van der Waals surface area contributed by atoms with Crippen molar-refractivity contribution in [3.05, 3.63) is 15.6 Å². The number of nitrogens with one attached hydrogen (secondary N) is 1. The minimum absolute atomic E-state index is 0.196. The van der Waals surface area contributed by atoms with Crippen molar-refractivity contribution < 1.29 is 0 Å². The third-order valence-corrected chi connectivity index (χ3v) is 4.77. The lowest BCUT2D eigenvalue weighted by atomic mass is 9.87. The molecule has 0 aliphatic rings. The summed E-state index contributed by atoms with van der Waals surface area (Å²) in [5.74, 6) is 0. The van der Waals surface area contributed by atoms with Crippen molar-refractivity contribution in [2.24, 2.45) is 11.1 Å². The van der Waals surface area contributed by atoms with Crippen LogP contribution in [0.2, 0.25) is 0 Å².